The lowest BCUT2D eigenvalue weighted by molar-refractivity contribution is -0.384. The number of rotatable bonds is 10. The molecule has 0 aromatic heterocycles. The van der Waals surface area contributed by atoms with Crippen LogP contribution in [0.15, 0.2) is 83.8 Å². The van der Waals surface area contributed by atoms with E-state index in [1.165, 1.54) is 54.6 Å². The maximum absolute atomic E-state index is 13.0. The zero-order valence-electron chi connectivity index (χ0n) is 21.0. The van der Waals surface area contributed by atoms with Crippen molar-refractivity contribution in [2.24, 2.45) is 0 Å². The van der Waals surface area contributed by atoms with E-state index < -0.39 is 31.7 Å². The predicted molar refractivity (Wildman–Crippen MR) is 138 cm³/mol. The van der Waals surface area contributed by atoms with Crippen molar-refractivity contribution in [2.45, 2.75) is 43.9 Å². The van der Waals surface area contributed by atoms with Gasteiger partial charge in [0.1, 0.15) is 10.6 Å². The lowest BCUT2D eigenvalue weighted by atomic mass is 10.1. The highest BCUT2D eigenvalue weighted by atomic mass is 32.2. The second kappa shape index (κ2) is 12.1. The fraction of sp³-hybridized carbons (Fsp3) is 0.222. The standard InChI is InChI=1S/C27H25F3N2O6S/c1-3-19(2)31(26(33)15-12-20-10-13-23(14-11-20)32(34)35)18-21-6-4-8-24(16-21)38-39(36,37)25-9-5-7-22(17-25)27(28,29)30/h4-17,19H,3,18H2,1-2H3/b15-12+. The highest BCUT2D eigenvalue weighted by Gasteiger charge is 2.32. The summed E-state index contributed by atoms with van der Waals surface area (Å²) in [5.74, 6) is -0.464. The van der Waals surface area contributed by atoms with E-state index in [2.05, 4.69) is 0 Å². The summed E-state index contributed by atoms with van der Waals surface area (Å²) in [6.45, 7) is 3.83. The zero-order valence-corrected chi connectivity index (χ0v) is 21.8. The summed E-state index contributed by atoms with van der Waals surface area (Å²) in [5.41, 5.74) is -0.0698. The summed E-state index contributed by atoms with van der Waals surface area (Å²) < 4.78 is 69.5. The second-order valence-corrected chi connectivity index (χ2v) is 10.2. The van der Waals surface area contributed by atoms with Gasteiger partial charge in [-0.1, -0.05) is 25.1 Å². The van der Waals surface area contributed by atoms with Gasteiger partial charge in [0.05, 0.1) is 10.5 Å². The van der Waals surface area contributed by atoms with Crippen LogP contribution in [0, 0.1) is 10.1 Å². The van der Waals surface area contributed by atoms with Gasteiger partial charge < -0.3 is 9.08 Å². The number of alkyl halides is 3. The molecule has 0 saturated carbocycles. The Bertz CT molecular complexity index is 1470. The topological polar surface area (TPSA) is 107 Å². The first kappa shape index (κ1) is 29.4. The first-order chi connectivity index (χ1) is 18.3. The number of carbonyl (C=O) groups excluding carboxylic acids is 1. The first-order valence-electron chi connectivity index (χ1n) is 11.7. The quantitative estimate of drug-likeness (QED) is 0.126. The van der Waals surface area contributed by atoms with E-state index in [9.17, 15) is 36.5 Å². The molecule has 206 valence electrons. The molecule has 8 nitrogen and oxygen atoms in total. The SMILES string of the molecule is CCC(C)N(Cc1cccc(OS(=O)(=O)c2cccc(C(F)(F)F)c2)c1)C(=O)/C=C/c1ccc([N+](=O)[O-])cc1. The van der Waals surface area contributed by atoms with Gasteiger partial charge in [0, 0.05) is 30.8 Å². The van der Waals surface area contributed by atoms with Crippen molar-refractivity contribution in [3.05, 3.63) is 106 Å². The van der Waals surface area contributed by atoms with E-state index in [0.29, 0.717) is 23.6 Å². The number of halogens is 3. The number of nitrogens with zero attached hydrogens (tertiary/aromatic N) is 2. The van der Waals surface area contributed by atoms with Crippen LogP contribution in [0.3, 0.4) is 0 Å². The zero-order chi connectivity index (χ0) is 28.8. The number of hydrogen-bond acceptors (Lipinski definition) is 6. The Kier molecular flexibility index (Phi) is 9.12. The van der Waals surface area contributed by atoms with Gasteiger partial charge >= 0.3 is 16.3 Å². The van der Waals surface area contributed by atoms with Crippen molar-refractivity contribution >= 4 is 27.8 Å². The van der Waals surface area contributed by atoms with Crippen LogP contribution in [0.25, 0.3) is 6.08 Å². The molecule has 0 radical (unpaired) electrons. The van der Waals surface area contributed by atoms with Crippen LogP contribution in [-0.2, 0) is 27.6 Å². The molecule has 0 fully saturated rings. The van der Waals surface area contributed by atoms with E-state index in [4.69, 9.17) is 4.18 Å². The minimum atomic E-state index is -4.72. The molecule has 0 saturated heterocycles. The fourth-order valence-corrected chi connectivity index (χ4v) is 4.51. The molecule has 1 amide bonds. The van der Waals surface area contributed by atoms with Gasteiger partial charge in [-0.15, -0.1) is 0 Å². The van der Waals surface area contributed by atoms with Crippen LogP contribution >= 0.6 is 0 Å². The number of carbonyl (C=O) groups is 1. The lowest BCUT2D eigenvalue weighted by Gasteiger charge is -2.28. The number of non-ortho nitro benzene ring substituents is 1. The predicted octanol–water partition coefficient (Wildman–Crippen LogP) is 6.22. The van der Waals surface area contributed by atoms with Crippen molar-refractivity contribution in [1.82, 2.24) is 4.90 Å². The molecule has 0 N–H and O–H groups in total. The molecular weight excluding hydrogens is 537 g/mol. The number of benzene rings is 3. The fourth-order valence-electron chi connectivity index (χ4n) is 3.54. The summed E-state index contributed by atoms with van der Waals surface area (Å²) in [6.07, 6.45) is -1.23. The minimum Gasteiger partial charge on any atom is -0.379 e. The molecule has 0 aliphatic heterocycles. The van der Waals surface area contributed by atoms with Gasteiger partial charge in [0.25, 0.3) is 5.69 Å². The minimum absolute atomic E-state index is 0.0723. The first-order valence-corrected chi connectivity index (χ1v) is 13.1. The van der Waals surface area contributed by atoms with Gasteiger partial charge in [-0.2, -0.15) is 21.6 Å². The van der Waals surface area contributed by atoms with Crippen molar-refractivity contribution < 1.29 is 35.5 Å². The maximum atomic E-state index is 13.0. The van der Waals surface area contributed by atoms with E-state index in [1.807, 2.05) is 13.8 Å². The molecular formula is C27H25F3N2O6S. The summed E-state index contributed by atoms with van der Waals surface area (Å²) in [7, 11) is -4.56. The van der Waals surface area contributed by atoms with Crippen molar-refractivity contribution in [1.29, 1.82) is 0 Å². The average Bonchev–Trinajstić information content (AvgIpc) is 2.89. The maximum Gasteiger partial charge on any atom is 0.416 e. The van der Waals surface area contributed by atoms with Gasteiger partial charge in [-0.3, -0.25) is 14.9 Å². The molecule has 3 aromatic carbocycles. The van der Waals surface area contributed by atoms with E-state index in [0.717, 1.165) is 18.2 Å². The van der Waals surface area contributed by atoms with Crippen LogP contribution in [0.5, 0.6) is 5.75 Å². The molecule has 0 bridgehead atoms. The molecule has 0 aliphatic carbocycles. The van der Waals surface area contributed by atoms with E-state index in [1.54, 1.807) is 11.0 Å². The molecule has 0 heterocycles. The lowest BCUT2D eigenvalue weighted by Crippen LogP contribution is -2.36. The normalized spacial score (nSPS) is 12.7. The van der Waals surface area contributed by atoms with Gasteiger partial charge in [0.2, 0.25) is 5.91 Å². The molecule has 0 spiro atoms. The van der Waals surface area contributed by atoms with Gasteiger partial charge in [-0.25, -0.2) is 0 Å². The number of amides is 1. The van der Waals surface area contributed by atoms with Crippen molar-refractivity contribution in [3.8, 4) is 5.75 Å². The van der Waals surface area contributed by atoms with Crippen LogP contribution in [0.4, 0.5) is 18.9 Å². The largest absolute Gasteiger partial charge is 0.416 e. The summed E-state index contributed by atoms with van der Waals surface area (Å²) >= 11 is 0. The third-order valence-electron chi connectivity index (χ3n) is 5.84. The molecule has 3 rings (SSSR count). The smallest absolute Gasteiger partial charge is 0.379 e. The monoisotopic (exact) mass is 562 g/mol. The van der Waals surface area contributed by atoms with Gasteiger partial charge in [0.15, 0.2) is 0 Å². The third kappa shape index (κ3) is 7.90. The van der Waals surface area contributed by atoms with Crippen LogP contribution < -0.4 is 4.18 Å². The summed E-state index contributed by atoms with van der Waals surface area (Å²) in [5, 5.41) is 10.8. The van der Waals surface area contributed by atoms with Crippen molar-refractivity contribution in [2.75, 3.05) is 0 Å². The highest BCUT2D eigenvalue weighted by Crippen LogP contribution is 2.31. The van der Waals surface area contributed by atoms with E-state index >= 15 is 0 Å². The average molecular weight is 563 g/mol. The molecule has 1 atom stereocenters. The molecule has 39 heavy (non-hydrogen) atoms. The Morgan fingerprint density at radius 3 is 2.36 bits per heavy atom. The van der Waals surface area contributed by atoms with Gasteiger partial charge in [-0.05, 0) is 73.0 Å². The molecule has 12 heteroatoms. The van der Waals surface area contributed by atoms with Crippen molar-refractivity contribution in [3.63, 3.8) is 0 Å². The Hall–Kier alpha value is -4.19. The summed E-state index contributed by atoms with van der Waals surface area (Å²) in [4.78, 5) is 24.2. The molecule has 1 unspecified atom stereocenters. The molecule has 0 aliphatic rings. The number of nitro benzene ring substituents is 1. The number of hydrogen-bond donors (Lipinski definition) is 0. The van der Waals surface area contributed by atoms with Crippen LogP contribution in [0.2, 0.25) is 0 Å². The van der Waals surface area contributed by atoms with Crippen LogP contribution in [-0.4, -0.2) is 30.2 Å². The summed E-state index contributed by atoms with van der Waals surface area (Å²) in [6, 6.07) is 14.7. The Labute approximate surface area is 223 Å². The van der Waals surface area contributed by atoms with Crippen LogP contribution in [0.1, 0.15) is 37.0 Å². The Morgan fingerprint density at radius 2 is 1.74 bits per heavy atom. The molecule has 3 aromatic rings. The Balaban J connectivity index is 1.78. The Morgan fingerprint density at radius 1 is 1.08 bits per heavy atom. The van der Waals surface area contributed by atoms with E-state index in [-0.39, 0.29) is 29.9 Å². The highest BCUT2D eigenvalue weighted by molar-refractivity contribution is 7.87. The third-order valence-corrected chi connectivity index (χ3v) is 7.08. The second-order valence-electron chi connectivity index (χ2n) is 8.62. The number of nitro groups is 1.